The molecule has 2 aliphatic rings. The van der Waals surface area contributed by atoms with E-state index in [-0.39, 0.29) is 5.41 Å². The topological polar surface area (TPSA) is 70.0 Å². The summed E-state index contributed by atoms with van der Waals surface area (Å²) in [5.41, 5.74) is 4.65. The number of anilines is 1. The minimum atomic E-state index is -4.38. The molecule has 39 heavy (non-hydrogen) atoms. The average Bonchev–Trinajstić information content (AvgIpc) is 3.21. The number of alkyl halides is 3. The summed E-state index contributed by atoms with van der Waals surface area (Å²) >= 11 is -1.27. The van der Waals surface area contributed by atoms with Crippen LogP contribution in [0.25, 0.3) is 11.1 Å². The van der Waals surface area contributed by atoms with E-state index in [4.69, 9.17) is 9.84 Å². The van der Waals surface area contributed by atoms with Crippen molar-refractivity contribution < 1.29 is 32.4 Å². The van der Waals surface area contributed by atoms with Crippen LogP contribution < -0.4 is 9.04 Å². The van der Waals surface area contributed by atoms with Crippen LogP contribution in [0.15, 0.2) is 59.5 Å². The Morgan fingerprint density at radius 2 is 1.67 bits per heavy atom. The first-order chi connectivity index (χ1) is 18.5. The van der Waals surface area contributed by atoms with Crippen molar-refractivity contribution in [3.63, 3.8) is 0 Å². The molecule has 0 amide bonds. The third-order valence-electron chi connectivity index (χ3n) is 7.84. The van der Waals surface area contributed by atoms with Crippen LogP contribution in [-0.2, 0) is 27.7 Å². The number of rotatable bonds is 6. The Hall–Kier alpha value is -3.17. The van der Waals surface area contributed by atoms with Gasteiger partial charge in [-0.3, -0.25) is 0 Å². The van der Waals surface area contributed by atoms with Gasteiger partial charge in [0.25, 0.3) is 0 Å². The van der Waals surface area contributed by atoms with Crippen LogP contribution in [0.3, 0.4) is 0 Å². The molecule has 1 saturated carbocycles. The first-order valence-corrected chi connectivity index (χ1v) is 14.1. The fraction of sp³-hybridized carbons (Fsp3) is 0.367. The molecule has 1 aliphatic heterocycles. The van der Waals surface area contributed by atoms with Gasteiger partial charge in [-0.2, -0.15) is 22.0 Å². The summed E-state index contributed by atoms with van der Waals surface area (Å²) in [5.74, 6) is -0.598. The molecule has 0 radical (unpaired) electrons. The molecule has 0 saturated heterocycles. The van der Waals surface area contributed by atoms with E-state index in [2.05, 4.69) is 10.4 Å². The number of hydrogen-bond donors (Lipinski definition) is 2. The Labute approximate surface area is 228 Å². The number of fused-ring (bicyclic) bond motifs is 2. The summed E-state index contributed by atoms with van der Waals surface area (Å²) in [4.78, 5) is 11.6. The molecular weight excluding hydrogens is 527 g/mol. The van der Waals surface area contributed by atoms with Crippen LogP contribution in [0.4, 0.5) is 18.9 Å². The molecule has 3 aromatic rings. The van der Waals surface area contributed by atoms with Crippen molar-refractivity contribution in [1.29, 1.82) is 0 Å². The molecule has 3 aromatic carbocycles. The fourth-order valence-electron chi connectivity index (χ4n) is 5.94. The van der Waals surface area contributed by atoms with Crippen molar-refractivity contribution in [2.75, 3.05) is 17.5 Å². The number of aryl methyl sites for hydroxylation is 2. The molecule has 5 nitrogen and oxygen atoms in total. The van der Waals surface area contributed by atoms with Crippen molar-refractivity contribution >= 4 is 23.0 Å². The van der Waals surface area contributed by atoms with Crippen molar-refractivity contribution in [2.45, 2.75) is 62.4 Å². The van der Waals surface area contributed by atoms with E-state index >= 15 is 0 Å². The van der Waals surface area contributed by atoms with Crippen LogP contribution in [0.2, 0.25) is 0 Å². The van der Waals surface area contributed by atoms with Gasteiger partial charge in [0.1, 0.15) is 5.75 Å². The largest absolute Gasteiger partial charge is 0.482 e. The lowest BCUT2D eigenvalue weighted by Gasteiger charge is -2.33. The van der Waals surface area contributed by atoms with Gasteiger partial charge in [0, 0.05) is 17.5 Å². The lowest BCUT2D eigenvalue weighted by molar-refractivity contribution is -0.139. The van der Waals surface area contributed by atoms with Crippen LogP contribution >= 0.6 is 0 Å². The summed E-state index contributed by atoms with van der Waals surface area (Å²) in [7, 11) is 0. The molecule has 1 heterocycles. The van der Waals surface area contributed by atoms with Gasteiger partial charge in [0.15, 0.2) is 6.61 Å². The van der Waals surface area contributed by atoms with Crippen LogP contribution in [0.1, 0.15) is 54.4 Å². The van der Waals surface area contributed by atoms with Crippen molar-refractivity contribution in [3.05, 3.63) is 76.9 Å². The number of halogens is 3. The quantitative estimate of drug-likeness (QED) is 0.306. The highest BCUT2D eigenvalue weighted by Crippen LogP contribution is 2.53. The monoisotopic (exact) mass is 558 g/mol. The summed E-state index contributed by atoms with van der Waals surface area (Å²) in [6.07, 6.45) is 0.941. The molecule has 0 bridgehead atoms. The number of carboxylic acid groups (broad SMARTS) is 1. The van der Waals surface area contributed by atoms with Gasteiger partial charge < -0.3 is 9.84 Å². The first kappa shape index (κ1) is 27.4. The van der Waals surface area contributed by atoms with E-state index in [0.717, 1.165) is 77.7 Å². The van der Waals surface area contributed by atoms with E-state index in [1.165, 1.54) is 12.1 Å². The normalized spacial score (nSPS) is 17.2. The minimum absolute atomic E-state index is 0.131. The van der Waals surface area contributed by atoms with E-state index < -0.39 is 35.7 Å². The number of carboxylic acids is 1. The molecule has 1 spiro atoms. The Kier molecular flexibility index (Phi) is 7.33. The predicted molar refractivity (Wildman–Crippen MR) is 146 cm³/mol. The van der Waals surface area contributed by atoms with E-state index in [1.54, 1.807) is 12.1 Å². The predicted octanol–water partition coefficient (Wildman–Crippen LogP) is 7.54. The number of hydrogen-bond acceptors (Lipinski definition) is 4. The number of nitrogens with zero attached hydrogens (tertiary/aromatic N) is 1. The lowest BCUT2D eigenvalue weighted by atomic mass is 9.70. The average molecular weight is 559 g/mol. The maximum absolute atomic E-state index is 13.1. The molecule has 1 atom stereocenters. The summed E-state index contributed by atoms with van der Waals surface area (Å²) in [5, 5.41) is 8.91. The molecule has 1 aliphatic carbocycles. The zero-order valence-electron chi connectivity index (χ0n) is 21.8. The second-order valence-electron chi connectivity index (χ2n) is 10.5. The molecule has 2 N–H and O–H groups in total. The second kappa shape index (κ2) is 10.4. The third kappa shape index (κ3) is 5.34. The smallest absolute Gasteiger partial charge is 0.416 e. The zero-order valence-corrected chi connectivity index (χ0v) is 22.7. The molecule has 1 fully saturated rings. The van der Waals surface area contributed by atoms with E-state index in [1.807, 2.05) is 26.0 Å². The van der Waals surface area contributed by atoms with E-state index in [9.17, 15) is 22.5 Å². The van der Waals surface area contributed by atoms with Crippen molar-refractivity contribution in [1.82, 2.24) is 0 Å². The third-order valence-corrected chi connectivity index (χ3v) is 9.25. The Balaban J connectivity index is 1.52. The van der Waals surface area contributed by atoms with Gasteiger partial charge in [-0.05, 0) is 84.8 Å². The van der Waals surface area contributed by atoms with Gasteiger partial charge in [-0.25, -0.2) is 4.79 Å². The molecular formula is C30H31F3NO4S+. The fourth-order valence-corrected chi connectivity index (χ4v) is 7.45. The van der Waals surface area contributed by atoms with Crippen LogP contribution in [0.5, 0.6) is 5.75 Å². The molecule has 206 valence electrons. The summed E-state index contributed by atoms with van der Waals surface area (Å²) < 4.78 is 58.4. The van der Waals surface area contributed by atoms with Gasteiger partial charge >= 0.3 is 23.5 Å². The molecule has 5 rings (SSSR count). The van der Waals surface area contributed by atoms with Crippen molar-refractivity contribution in [3.8, 4) is 16.9 Å². The number of aliphatic carboxylic acids is 1. The van der Waals surface area contributed by atoms with Crippen LogP contribution in [-0.4, -0.2) is 28.8 Å². The lowest BCUT2D eigenvalue weighted by Crippen LogP contribution is -2.38. The Morgan fingerprint density at radius 3 is 2.28 bits per heavy atom. The first-order valence-electron chi connectivity index (χ1n) is 13.0. The highest BCUT2D eigenvalue weighted by atomic mass is 32.2. The van der Waals surface area contributed by atoms with Gasteiger partial charge in [0.05, 0.1) is 17.8 Å². The minimum Gasteiger partial charge on any atom is -0.482 e. The maximum Gasteiger partial charge on any atom is 0.416 e. The van der Waals surface area contributed by atoms with E-state index in [0.29, 0.717) is 17.2 Å². The molecule has 0 aromatic heterocycles. The number of ether oxygens (including phenoxy) is 1. The molecule has 9 heteroatoms. The zero-order chi connectivity index (χ0) is 27.9. The SMILES string of the molecule is Cc1cc([S+](O)N2CC3(CCCCC3)c3cc(-c4ccc(C(F)(F)F)cc4)cc(C)c32)ccc1OCC(=O)O. The maximum atomic E-state index is 13.1. The number of benzene rings is 3. The van der Waals surface area contributed by atoms with Gasteiger partial charge in [-0.15, -0.1) is 0 Å². The second-order valence-corrected chi connectivity index (χ2v) is 12.0. The standard InChI is InChI=1S/C30H30F3NO4S/c1-19-15-24(10-11-26(19)38-17-27(35)36)39(37)34-18-29(12-4-3-5-13-29)25-16-22(14-20(2)28(25)34)21-6-8-23(9-7-21)30(31,32)33/h6-11,14-16,37H,3-5,12-13,17-18H2,1-2H3/p+1. The summed E-state index contributed by atoms with van der Waals surface area (Å²) in [6.45, 7) is 4.04. The Bertz CT molecular complexity index is 1380. The van der Waals surface area contributed by atoms with Gasteiger partial charge in [0.2, 0.25) is 4.90 Å². The Morgan fingerprint density at radius 1 is 0.974 bits per heavy atom. The highest BCUT2D eigenvalue weighted by molar-refractivity contribution is 7.93. The van der Waals surface area contributed by atoms with Crippen molar-refractivity contribution in [2.24, 2.45) is 0 Å². The molecule has 1 unspecified atom stereocenters. The summed E-state index contributed by atoms with van der Waals surface area (Å²) in [6, 6.07) is 14.7. The van der Waals surface area contributed by atoms with Gasteiger partial charge in [-0.1, -0.05) is 31.4 Å². The number of carbonyl (C=O) groups is 1. The highest BCUT2D eigenvalue weighted by Gasteiger charge is 2.51. The van der Waals surface area contributed by atoms with Crippen LogP contribution in [0, 0.1) is 13.8 Å².